The quantitative estimate of drug-likeness (QED) is 0.343. The summed E-state index contributed by atoms with van der Waals surface area (Å²) in [5, 5.41) is 6.82. The van der Waals surface area contributed by atoms with E-state index in [2.05, 4.69) is 54.4 Å². The standard InChI is InChI=1S/C18H17BrIN3O2/c1-12(13-2-4-14(19)5-3-13)22-23-18(25)11-10-17(24)21-16-8-6-15(20)7-9-16/h2-9H,10-11H2,1H3,(H,21,24)(H,23,25)/b22-12-. The number of nitrogens with one attached hydrogen (secondary N) is 2. The van der Waals surface area contributed by atoms with Crippen LogP contribution in [-0.4, -0.2) is 17.5 Å². The molecule has 0 spiro atoms. The Balaban J connectivity index is 1.77. The van der Waals surface area contributed by atoms with Gasteiger partial charge in [-0.25, -0.2) is 5.43 Å². The van der Waals surface area contributed by atoms with Gasteiger partial charge in [0.25, 0.3) is 0 Å². The van der Waals surface area contributed by atoms with Crippen molar-refractivity contribution in [2.24, 2.45) is 5.10 Å². The minimum Gasteiger partial charge on any atom is -0.326 e. The third kappa shape index (κ3) is 6.95. The van der Waals surface area contributed by atoms with Crippen molar-refractivity contribution < 1.29 is 9.59 Å². The molecule has 0 radical (unpaired) electrons. The fraction of sp³-hybridized carbons (Fsp3) is 0.167. The molecule has 0 aliphatic heterocycles. The van der Waals surface area contributed by atoms with Crippen LogP contribution >= 0.6 is 38.5 Å². The Hall–Kier alpha value is -1.74. The first kappa shape index (κ1) is 19.6. The van der Waals surface area contributed by atoms with E-state index in [1.54, 1.807) is 0 Å². The zero-order chi connectivity index (χ0) is 18.2. The van der Waals surface area contributed by atoms with Crippen molar-refractivity contribution in [3.8, 4) is 0 Å². The maximum absolute atomic E-state index is 11.9. The number of hydrazone groups is 1. The molecular weight excluding hydrogens is 497 g/mol. The Kier molecular flexibility index (Phi) is 7.57. The van der Waals surface area contributed by atoms with Crippen LogP contribution in [0.15, 0.2) is 58.1 Å². The molecule has 0 aromatic heterocycles. The molecule has 2 rings (SSSR count). The van der Waals surface area contributed by atoms with Gasteiger partial charge in [-0.2, -0.15) is 5.10 Å². The summed E-state index contributed by atoms with van der Waals surface area (Å²) in [6, 6.07) is 15.1. The van der Waals surface area contributed by atoms with Crippen LogP contribution in [0.4, 0.5) is 5.69 Å². The highest BCUT2D eigenvalue weighted by Crippen LogP contribution is 2.12. The molecule has 130 valence electrons. The minimum absolute atomic E-state index is 0.0767. The SMILES string of the molecule is C/C(=N/NC(=O)CCC(=O)Nc1ccc(I)cc1)c1ccc(Br)cc1. The molecule has 0 heterocycles. The second-order valence-electron chi connectivity index (χ2n) is 5.29. The summed E-state index contributed by atoms with van der Waals surface area (Å²) in [7, 11) is 0. The zero-order valence-corrected chi connectivity index (χ0v) is 17.3. The Morgan fingerprint density at radius 2 is 1.60 bits per heavy atom. The van der Waals surface area contributed by atoms with Gasteiger partial charge in [0.15, 0.2) is 0 Å². The Labute approximate surface area is 168 Å². The zero-order valence-electron chi connectivity index (χ0n) is 13.6. The average Bonchev–Trinajstić information content (AvgIpc) is 2.60. The maximum Gasteiger partial charge on any atom is 0.240 e. The number of hydrogen-bond acceptors (Lipinski definition) is 3. The molecular formula is C18H17BrIN3O2. The number of anilines is 1. The molecule has 0 aliphatic carbocycles. The lowest BCUT2D eigenvalue weighted by atomic mass is 10.1. The molecule has 0 atom stereocenters. The molecule has 2 aromatic carbocycles. The number of hydrogen-bond donors (Lipinski definition) is 2. The van der Waals surface area contributed by atoms with Gasteiger partial charge in [-0.15, -0.1) is 0 Å². The highest BCUT2D eigenvalue weighted by Gasteiger charge is 2.07. The fourth-order valence-electron chi connectivity index (χ4n) is 1.94. The molecule has 25 heavy (non-hydrogen) atoms. The smallest absolute Gasteiger partial charge is 0.240 e. The van der Waals surface area contributed by atoms with Crippen LogP contribution in [0.3, 0.4) is 0 Å². The number of carbonyl (C=O) groups excluding carboxylic acids is 2. The maximum atomic E-state index is 11.9. The summed E-state index contributed by atoms with van der Waals surface area (Å²) in [6.07, 6.45) is 0.179. The lowest BCUT2D eigenvalue weighted by molar-refractivity contribution is -0.124. The van der Waals surface area contributed by atoms with E-state index in [1.807, 2.05) is 55.5 Å². The molecule has 0 unspecified atom stereocenters. The molecule has 0 saturated heterocycles. The predicted octanol–water partition coefficient (Wildman–Crippen LogP) is 4.31. The largest absolute Gasteiger partial charge is 0.326 e. The second-order valence-corrected chi connectivity index (χ2v) is 7.46. The molecule has 2 amide bonds. The van der Waals surface area contributed by atoms with Crippen molar-refractivity contribution in [3.05, 3.63) is 62.1 Å². The van der Waals surface area contributed by atoms with E-state index in [0.29, 0.717) is 5.71 Å². The first-order valence-corrected chi connectivity index (χ1v) is 9.46. The number of carbonyl (C=O) groups is 2. The third-order valence-corrected chi connectivity index (χ3v) is 4.57. The van der Waals surface area contributed by atoms with E-state index < -0.39 is 0 Å². The van der Waals surface area contributed by atoms with E-state index in [4.69, 9.17) is 0 Å². The predicted molar refractivity (Wildman–Crippen MR) is 112 cm³/mol. The summed E-state index contributed by atoms with van der Waals surface area (Å²) in [4.78, 5) is 23.7. The van der Waals surface area contributed by atoms with Gasteiger partial charge in [-0.3, -0.25) is 9.59 Å². The number of nitrogens with zero attached hydrogens (tertiary/aromatic N) is 1. The van der Waals surface area contributed by atoms with Crippen LogP contribution in [0, 0.1) is 3.57 Å². The molecule has 7 heteroatoms. The number of halogens is 2. The topological polar surface area (TPSA) is 70.6 Å². The first-order chi connectivity index (χ1) is 11.9. The van der Waals surface area contributed by atoms with Crippen molar-refractivity contribution in [1.82, 2.24) is 5.43 Å². The summed E-state index contributed by atoms with van der Waals surface area (Å²) in [5.41, 5.74) is 4.81. The summed E-state index contributed by atoms with van der Waals surface area (Å²) in [6.45, 7) is 1.81. The molecule has 0 bridgehead atoms. The normalized spacial score (nSPS) is 11.1. The van der Waals surface area contributed by atoms with E-state index in [9.17, 15) is 9.59 Å². The van der Waals surface area contributed by atoms with Gasteiger partial charge in [0.05, 0.1) is 5.71 Å². The average molecular weight is 514 g/mol. The van der Waals surface area contributed by atoms with Gasteiger partial charge in [0.1, 0.15) is 0 Å². The van der Waals surface area contributed by atoms with Gasteiger partial charge >= 0.3 is 0 Å². The number of benzene rings is 2. The molecule has 0 fully saturated rings. The minimum atomic E-state index is -0.297. The van der Waals surface area contributed by atoms with Gasteiger partial charge in [0, 0.05) is 26.6 Å². The van der Waals surface area contributed by atoms with Crippen LogP contribution in [0.1, 0.15) is 25.3 Å². The van der Waals surface area contributed by atoms with Crippen molar-refractivity contribution in [2.45, 2.75) is 19.8 Å². The van der Waals surface area contributed by atoms with Crippen LogP contribution in [0.2, 0.25) is 0 Å². The fourth-order valence-corrected chi connectivity index (χ4v) is 2.57. The Morgan fingerprint density at radius 1 is 1.00 bits per heavy atom. The molecule has 5 nitrogen and oxygen atoms in total. The Morgan fingerprint density at radius 3 is 2.24 bits per heavy atom. The lowest BCUT2D eigenvalue weighted by Gasteiger charge is -2.05. The lowest BCUT2D eigenvalue weighted by Crippen LogP contribution is -2.21. The van der Waals surface area contributed by atoms with Gasteiger partial charge in [0.2, 0.25) is 11.8 Å². The van der Waals surface area contributed by atoms with E-state index in [1.165, 1.54) is 0 Å². The number of amides is 2. The van der Waals surface area contributed by atoms with Gasteiger partial charge in [-0.1, -0.05) is 28.1 Å². The highest BCUT2D eigenvalue weighted by molar-refractivity contribution is 14.1. The molecule has 2 N–H and O–H groups in total. The van der Waals surface area contributed by atoms with Crippen molar-refractivity contribution >= 4 is 61.7 Å². The van der Waals surface area contributed by atoms with Crippen LogP contribution in [0.5, 0.6) is 0 Å². The summed E-state index contributed by atoms with van der Waals surface area (Å²) in [5.74, 6) is -0.501. The van der Waals surface area contributed by atoms with E-state index >= 15 is 0 Å². The van der Waals surface area contributed by atoms with Crippen molar-refractivity contribution in [2.75, 3.05) is 5.32 Å². The summed E-state index contributed by atoms with van der Waals surface area (Å²) >= 11 is 5.57. The van der Waals surface area contributed by atoms with Crippen LogP contribution in [0.25, 0.3) is 0 Å². The summed E-state index contributed by atoms with van der Waals surface area (Å²) < 4.78 is 2.07. The first-order valence-electron chi connectivity index (χ1n) is 7.58. The second kappa shape index (κ2) is 9.67. The van der Waals surface area contributed by atoms with Crippen LogP contribution in [-0.2, 0) is 9.59 Å². The monoisotopic (exact) mass is 513 g/mol. The number of rotatable bonds is 6. The van der Waals surface area contributed by atoms with Gasteiger partial charge in [-0.05, 0) is 71.5 Å². The van der Waals surface area contributed by atoms with E-state index in [-0.39, 0.29) is 24.7 Å². The molecule has 2 aromatic rings. The van der Waals surface area contributed by atoms with E-state index in [0.717, 1.165) is 19.3 Å². The van der Waals surface area contributed by atoms with Gasteiger partial charge < -0.3 is 5.32 Å². The third-order valence-electron chi connectivity index (χ3n) is 3.32. The Bertz CT molecular complexity index is 774. The van der Waals surface area contributed by atoms with Crippen LogP contribution < -0.4 is 10.7 Å². The molecule has 0 aliphatic rings. The highest BCUT2D eigenvalue weighted by atomic mass is 127. The van der Waals surface area contributed by atoms with Crippen molar-refractivity contribution in [1.29, 1.82) is 0 Å². The van der Waals surface area contributed by atoms with Crippen molar-refractivity contribution in [3.63, 3.8) is 0 Å². The molecule has 0 saturated carbocycles.